The SMILES string of the molecule is CO[C@H]1C[C@@H](Oc2ncccc2[N+](=O)[O-])C1. The molecule has 0 aromatic carbocycles. The molecule has 1 fully saturated rings. The van der Waals surface area contributed by atoms with Gasteiger partial charge in [-0.3, -0.25) is 10.1 Å². The van der Waals surface area contributed by atoms with Gasteiger partial charge in [-0.2, -0.15) is 0 Å². The van der Waals surface area contributed by atoms with E-state index in [1.165, 1.54) is 18.3 Å². The highest BCUT2D eigenvalue weighted by atomic mass is 16.6. The summed E-state index contributed by atoms with van der Waals surface area (Å²) in [6.45, 7) is 0. The molecule has 1 aromatic rings. The van der Waals surface area contributed by atoms with Crippen molar-refractivity contribution in [1.29, 1.82) is 0 Å². The summed E-state index contributed by atoms with van der Waals surface area (Å²) in [6, 6.07) is 2.90. The molecule has 0 saturated heterocycles. The first-order valence-electron chi connectivity index (χ1n) is 4.99. The topological polar surface area (TPSA) is 74.5 Å². The Morgan fingerprint density at radius 1 is 1.50 bits per heavy atom. The number of rotatable bonds is 4. The number of methoxy groups -OCH3 is 1. The van der Waals surface area contributed by atoms with Gasteiger partial charge in [-0.15, -0.1) is 0 Å². The molecule has 1 aliphatic carbocycles. The molecule has 0 atom stereocenters. The first-order valence-corrected chi connectivity index (χ1v) is 4.99. The van der Waals surface area contributed by atoms with Crippen molar-refractivity contribution in [2.75, 3.05) is 7.11 Å². The maximum atomic E-state index is 10.7. The van der Waals surface area contributed by atoms with Gasteiger partial charge in [0.2, 0.25) is 0 Å². The Balaban J connectivity index is 2.02. The zero-order chi connectivity index (χ0) is 11.5. The van der Waals surface area contributed by atoms with E-state index in [0.717, 1.165) is 12.8 Å². The molecule has 1 heterocycles. The number of aromatic nitrogens is 1. The molecular weight excluding hydrogens is 212 g/mol. The van der Waals surface area contributed by atoms with Crippen LogP contribution in [0.25, 0.3) is 0 Å². The van der Waals surface area contributed by atoms with E-state index in [2.05, 4.69) is 4.98 Å². The van der Waals surface area contributed by atoms with E-state index in [0.29, 0.717) is 0 Å². The number of nitrogens with zero attached hydrogens (tertiary/aromatic N) is 2. The lowest BCUT2D eigenvalue weighted by Gasteiger charge is -2.33. The summed E-state index contributed by atoms with van der Waals surface area (Å²) >= 11 is 0. The Hall–Kier alpha value is -1.69. The van der Waals surface area contributed by atoms with Gasteiger partial charge in [-0.05, 0) is 6.07 Å². The van der Waals surface area contributed by atoms with Crippen LogP contribution in [0.3, 0.4) is 0 Å². The monoisotopic (exact) mass is 224 g/mol. The molecule has 86 valence electrons. The zero-order valence-electron chi connectivity index (χ0n) is 8.83. The maximum absolute atomic E-state index is 10.7. The van der Waals surface area contributed by atoms with Gasteiger partial charge < -0.3 is 9.47 Å². The third kappa shape index (κ3) is 2.11. The van der Waals surface area contributed by atoms with Crippen LogP contribution in [-0.4, -0.2) is 29.2 Å². The fourth-order valence-corrected chi connectivity index (χ4v) is 1.58. The molecule has 6 heteroatoms. The normalized spacial score (nSPS) is 23.6. The average Bonchev–Trinajstić information content (AvgIpc) is 2.23. The van der Waals surface area contributed by atoms with E-state index in [-0.39, 0.29) is 23.8 Å². The molecule has 6 nitrogen and oxygen atoms in total. The first kappa shape index (κ1) is 10.8. The Bertz CT molecular complexity index is 390. The van der Waals surface area contributed by atoms with Gasteiger partial charge >= 0.3 is 5.69 Å². The molecule has 0 spiro atoms. The Morgan fingerprint density at radius 2 is 2.25 bits per heavy atom. The molecule has 0 amide bonds. The molecule has 0 unspecified atom stereocenters. The van der Waals surface area contributed by atoms with Crippen LogP contribution in [0, 0.1) is 10.1 Å². The Morgan fingerprint density at radius 3 is 2.88 bits per heavy atom. The smallest absolute Gasteiger partial charge is 0.330 e. The van der Waals surface area contributed by atoms with Crippen molar-refractivity contribution in [2.45, 2.75) is 25.0 Å². The predicted molar refractivity (Wildman–Crippen MR) is 55.3 cm³/mol. The minimum Gasteiger partial charge on any atom is -0.469 e. The van der Waals surface area contributed by atoms with E-state index in [9.17, 15) is 10.1 Å². The van der Waals surface area contributed by atoms with Gasteiger partial charge in [-0.1, -0.05) is 0 Å². The van der Waals surface area contributed by atoms with Crippen LogP contribution >= 0.6 is 0 Å². The summed E-state index contributed by atoms with van der Waals surface area (Å²) in [6.07, 6.45) is 3.16. The van der Waals surface area contributed by atoms with Crippen LogP contribution in [0.2, 0.25) is 0 Å². The Labute approximate surface area is 92.3 Å². The van der Waals surface area contributed by atoms with Gasteiger partial charge in [0.1, 0.15) is 6.10 Å². The van der Waals surface area contributed by atoms with E-state index in [1.54, 1.807) is 7.11 Å². The van der Waals surface area contributed by atoms with Crippen molar-refractivity contribution in [3.05, 3.63) is 28.4 Å². The summed E-state index contributed by atoms with van der Waals surface area (Å²) in [7, 11) is 1.64. The molecule has 1 aromatic heterocycles. The van der Waals surface area contributed by atoms with Gasteiger partial charge in [0, 0.05) is 32.2 Å². The standard InChI is InChI=1S/C10H12N2O4/c1-15-7-5-8(6-7)16-10-9(12(13)14)3-2-4-11-10/h2-4,7-8H,5-6H2,1H3/t7-,8+. The summed E-state index contributed by atoms with van der Waals surface area (Å²) in [5, 5.41) is 10.7. The summed E-state index contributed by atoms with van der Waals surface area (Å²) in [4.78, 5) is 14.1. The molecule has 0 aliphatic heterocycles. The van der Waals surface area contributed by atoms with Crippen molar-refractivity contribution < 1.29 is 14.4 Å². The van der Waals surface area contributed by atoms with Crippen LogP contribution < -0.4 is 4.74 Å². The Kier molecular flexibility index (Phi) is 3.00. The van der Waals surface area contributed by atoms with Crippen molar-refractivity contribution in [3.8, 4) is 5.88 Å². The number of hydrogen-bond donors (Lipinski definition) is 0. The van der Waals surface area contributed by atoms with Crippen molar-refractivity contribution in [3.63, 3.8) is 0 Å². The third-order valence-electron chi connectivity index (χ3n) is 2.61. The second-order valence-corrected chi connectivity index (χ2v) is 3.65. The largest absolute Gasteiger partial charge is 0.469 e. The summed E-state index contributed by atoms with van der Waals surface area (Å²) in [5.74, 6) is 0.0899. The van der Waals surface area contributed by atoms with Crippen LogP contribution in [0.4, 0.5) is 5.69 Å². The van der Waals surface area contributed by atoms with E-state index in [4.69, 9.17) is 9.47 Å². The lowest BCUT2D eigenvalue weighted by molar-refractivity contribution is -0.386. The molecule has 0 radical (unpaired) electrons. The zero-order valence-corrected chi connectivity index (χ0v) is 8.83. The number of nitro groups is 1. The summed E-state index contributed by atoms with van der Waals surface area (Å²) in [5.41, 5.74) is -0.0941. The quantitative estimate of drug-likeness (QED) is 0.573. The van der Waals surface area contributed by atoms with Gasteiger partial charge in [0.05, 0.1) is 11.0 Å². The van der Waals surface area contributed by atoms with E-state index >= 15 is 0 Å². The van der Waals surface area contributed by atoms with Crippen LogP contribution in [0.15, 0.2) is 18.3 Å². The van der Waals surface area contributed by atoms with Crippen molar-refractivity contribution in [1.82, 2.24) is 4.98 Å². The van der Waals surface area contributed by atoms with Crippen LogP contribution in [0.5, 0.6) is 5.88 Å². The fraction of sp³-hybridized carbons (Fsp3) is 0.500. The molecule has 1 saturated carbocycles. The summed E-state index contributed by atoms with van der Waals surface area (Å²) < 4.78 is 10.5. The number of hydrogen-bond acceptors (Lipinski definition) is 5. The molecule has 0 N–H and O–H groups in total. The minimum atomic E-state index is -0.491. The minimum absolute atomic E-state index is 0.0291. The van der Waals surface area contributed by atoms with Crippen molar-refractivity contribution in [2.24, 2.45) is 0 Å². The number of ether oxygens (including phenoxy) is 2. The number of pyridine rings is 1. The van der Waals surface area contributed by atoms with Gasteiger partial charge in [0.15, 0.2) is 0 Å². The van der Waals surface area contributed by atoms with Crippen LogP contribution in [0.1, 0.15) is 12.8 Å². The molecule has 0 bridgehead atoms. The lowest BCUT2D eigenvalue weighted by Crippen LogP contribution is -2.39. The third-order valence-corrected chi connectivity index (χ3v) is 2.61. The predicted octanol–water partition coefficient (Wildman–Crippen LogP) is 1.55. The van der Waals surface area contributed by atoms with Gasteiger partial charge in [-0.25, -0.2) is 4.98 Å². The highest BCUT2D eigenvalue weighted by molar-refractivity contribution is 5.39. The molecular formula is C10H12N2O4. The second kappa shape index (κ2) is 4.44. The lowest BCUT2D eigenvalue weighted by atomic mass is 9.92. The second-order valence-electron chi connectivity index (χ2n) is 3.65. The van der Waals surface area contributed by atoms with Crippen LogP contribution in [-0.2, 0) is 4.74 Å². The van der Waals surface area contributed by atoms with Gasteiger partial charge in [0.25, 0.3) is 5.88 Å². The first-order chi connectivity index (χ1) is 7.70. The van der Waals surface area contributed by atoms with Crippen molar-refractivity contribution >= 4 is 5.69 Å². The van der Waals surface area contributed by atoms with E-state index < -0.39 is 4.92 Å². The average molecular weight is 224 g/mol. The highest BCUT2D eigenvalue weighted by Gasteiger charge is 2.32. The highest BCUT2D eigenvalue weighted by Crippen LogP contribution is 2.31. The maximum Gasteiger partial charge on any atom is 0.330 e. The molecule has 2 rings (SSSR count). The molecule has 16 heavy (non-hydrogen) atoms. The van der Waals surface area contributed by atoms with E-state index in [1.807, 2.05) is 0 Å². The molecule has 1 aliphatic rings. The fourth-order valence-electron chi connectivity index (χ4n) is 1.58.